The number of nitrogens with zero attached hydrogens (tertiary/aromatic N) is 1. The molecule has 20 heavy (non-hydrogen) atoms. The van der Waals surface area contributed by atoms with E-state index in [0.717, 1.165) is 31.6 Å². The number of nitrogens with two attached hydrogens (primary N) is 1. The summed E-state index contributed by atoms with van der Waals surface area (Å²) in [6.07, 6.45) is 4.12. The summed E-state index contributed by atoms with van der Waals surface area (Å²) in [6, 6.07) is 2.11. The van der Waals surface area contributed by atoms with Crippen molar-refractivity contribution in [3.05, 3.63) is 21.9 Å². The maximum absolute atomic E-state index is 12.8. The number of carbonyl (C=O) groups excluding carboxylic acids is 1. The lowest BCUT2D eigenvalue weighted by Crippen LogP contribution is -2.48. The lowest BCUT2D eigenvalue weighted by molar-refractivity contribution is -0.143. The summed E-state index contributed by atoms with van der Waals surface area (Å²) < 4.78 is 0. The molecule has 0 unspecified atom stereocenters. The van der Waals surface area contributed by atoms with Crippen LogP contribution in [0.4, 0.5) is 0 Å². The van der Waals surface area contributed by atoms with Gasteiger partial charge in [-0.1, -0.05) is 6.92 Å². The zero-order valence-electron chi connectivity index (χ0n) is 12.8. The van der Waals surface area contributed by atoms with Gasteiger partial charge in [0.1, 0.15) is 0 Å². The molecule has 2 rings (SSSR count). The Hall–Kier alpha value is -0.870. The van der Waals surface area contributed by atoms with Gasteiger partial charge < -0.3 is 10.6 Å². The molecule has 1 saturated carbocycles. The number of amides is 1. The second kappa shape index (κ2) is 6.27. The highest BCUT2D eigenvalue weighted by Crippen LogP contribution is 2.39. The molecule has 0 spiro atoms. The quantitative estimate of drug-likeness (QED) is 0.927. The van der Waals surface area contributed by atoms with E-state index in [4.69, 9.17) is 5.73 Å². The van der Waals surface area contributed by atoms with E-state index in [1.165, 1.54) is 10.4 Å². The van der Waals surface area contributed by atoms with E-state index in [0.29, 0.717) is 13.1 Å². The maximum Gasteiger partial charge on any atom is 0.230 e. The second-order valence-corrected chi connectivity index (χ2v) is 7.36. The van der Waals surface area contributed by atoms with E-state index in [1.807, 2.05) is 11.9 Å². The SMILES string of the molecule is Cc1ccsc1CN(C)C(=O)C1(CN)CCC(C)CC1. The fourth-order valence-corrected chi connectivity index (χ4v) is 4.04. The Kier molecular flexibility index (Phi) is 4.86. The molecule has 3 nitrogen and oxygen atoms in total. The van der Waals surface area contributed by atoms with Gasteiger partial charge in [0.15, 0.2) is 0 Å². The van der Waals surface area contributed by atoms with Crippen molar-refractivity contribution in [3.8, 4) is 0 Å². The van der Waals surface area contributed by atoms with Crippen molar-refractivity contribution in [1.29, 1.82) is 0 Å². The third-order valence-corrected chi connectivity index (χ3v) is 5.78. The first kappa shape index (κ1) is 15.5. The van der Waals surface area contributed by atoms with Crippen molar-refractivity contribution in [1.82, 2.24) is 4.90 Å². The van der Waals surface area contributed by atoms with E-state index in [-0.39, 0.29) is 11.3 Å². The third-order valence-electron chi connectivity index (χ3n) is 4.77. The molecule has 0 saturated heterocycles. The van der Waals surface area contributed by atoms with Gasteiger partial charge in [-0.25, -0.2) is 0 Å². The van der Waals surface area contributed by atoms with Crippen LogP contribution in [0.25, 0.3) is 0 Å². The van der Waals surface area contributed by atoms with E-state index < -0.39 is 0 Å². The van der Waals surface area contributed by atoms with Gasteiger partial charge >= 0.3 is 0 Å². The minimum absolute atomic E-state index is 0.236. The van der Waals surface area contributed by atoms with Crippen molar-refractivity contribution in [3.63, 3.8) is 0 Å². The van der Waals surface area contributed by atoms with Crippen molar-refractivity contribution in [2.75, 3.05) is 13.6 Å². The minimum atomic E-state index is -0.313. The fraction of sp³-hybridized carbons (Fsp3) is 0.688. The zero-order chi connectivity index (χ0) is 14.8. The standard InChI is InChI=1S/C16H26N2OS/c1-12-4-7-16(11-17,8-5-12)15(19)18(3)10-14-13(2)6-9-20-14/h6,9,12H,4-5,7-8,10-11,17H2,1-3H3. The first-order chi connectivity index (χ1) is 9.48. The molecule has 1 heterocycles. The average Bonchev–Trinajstić information content (AvgIpc) is 2.85. The van der Waals surface area contributed by atoms with Crippen LogP contribution >= 0.6 is 11.3 Å². The van der Waals surface area contributed by atoms with Crippen LogP contribution in [0, 0.1) is 18.3 Å². The molecule has 2 N–H and O–H groups in total. The molecule has 1 aromatic rings. The van der Waals surface area contributed by atoms with Gasteiger partial charge in [0.2, 0.25) is 5.91 Å². The predicted octanol–water partition coefficient (Wildman–Crippen LogP) is 3.17. The van der Waals surface area contributed by atoms with Crippen LogP contribution in [-0.4, -0.2) is 24.4 Å². The molecular weight excluding hydrogens is 268 g/mol. The number of aryl methyl sites for hydroxylation is 1. The minimum Gasteiger partial charge on any atom is -0.340 e. The molecule has 112 valence electrons. The number of carbonyl (C=O) groups is 1. The van der Waals surface area contributed by atoms with Crippen LogP contribution in [0.1, 0.15) is 43.0 Å². The monoisotopic (exact) mass is 294 g/mol. The molecular formula is C16H26N2OS. The number of hydrogen-bond donors (Lipinski definition) is 1. The second-order valence-electron chi connectivity index (χ2n) is 6.35. The summed E-state index contributed by atoms with van der Waals surface area (Å²) in [7, 11) is 1.91. The third kappa shape index (κ3) is 3.07. The summed E-state index contributed by atoms with van der Waals surface area (Å²) in [4.78, 5) is 16.0. The van der Waals surface area contributed by atoms with Gasteiger partial charge in [0, 0.05) is 18.5 Å². The van der Waals surface area contributed by atoms with Crippen LogP contribution in [0.2, 0.25) is 0 Å². The number of rotatable bonds is 4. The Labute approximate surface area is 126 Å². The van der Waals surface area contributed by atoms with Crippen LogP contribution in [0.3, 0.4) is 0 Å². The normalized spacial score (nSPS) is 26.5. The van der Waals surface area contributed by atoms with Crippen LogP contribution < -0.4 is 5.73 Å². The highest BCUT2D eigenvalue weighted by atomic mass is 32.1. The van der Waals surface area contributed by atoms with Gasteiger partial charge in [0.05, 0.1) is 12.0 Å². The molecule has 0 atom stereocenters. The summed E-state index contributed by atoms with van der Waals surface area (Å²) in [5, 5.41) is 2.09. The van der Waals surface area contributed by atoms with Gasteiger partial charge in [-0.15, -0.1) is 11.3 Å². The highest BCUT2D eigenvalue weighted by Gasteiger charge is 2.41. The van der Waals surface area contributed by atoms with Gasteiger partial charge in [-0.05, 0) is 55.5 Å². The summed E-state index contributed by atoms with van der Waals surface area (Å²) in [6.45, 7) is 5.56. The van der Waals surface area contributed by atoms with Crippen molar-refractivity contribution < 1.29 is 4.79 Å². The summed E-state index contributed by atoms with van der Waals surface area (Å²) in [5.41, 5.74) is 6.94. The first-order valence-corrected chi connectivity index (χ1v) is 8.35. The average molecular weight is 294 g/mol. The van der Waals surface area contributed by atoms with Crippen LogP contribution in [-0.2, 0) is 11.3 Å². The van der Waals surface area contributed by atoms with Gasteiger partial charge in [-0.3, -0.25) is 4.79 Å². The molecule has 1 aliphatic rings. The van der Waals surface area contributed by atoms with Crippen LogP contribution in [0.5, 0.6) is 0 Å². The van der Waals surface area contributed by atoms with E-state index in [9.17, 15) is 4.79 Å². The maximum atomic E-state index is 12.8. The Bertz CT molecular complexity index is 461. The lowest BCUT2D eigenvalue weighted by atomic mass is 9.70. The van der Waals surface area contributed by atoms with Crippen LogP contribution in [0.15, 0.2) is 11.4 Å². The Morgan fingerprint density at radius 2 is 2.15 bits per heavy atom. The van der Waals surface area contributed by atoms with E-state index in [1.54, 1.807) is 11.3 Å². The molecule has 1 aromatic heterocycles. The highest BCUT2D eigenvalue weighted by molar-refractivity contribution is 7.10. The molecule has 1 fully saturated rings. The Morgan fingerprint density at radius 1 is 1.50 bits per heavy atom. The molecule has 0 aromatic carbocycles. The van der Waals surface area contributed by atoms with Gasteiger partial charge in [0.25, 0.3) is 0 Å². The van der Waals surface area contributed by atoms with Crippen molar-refractivity contribution in [2.24, 2.45) is 17.1 Å². The molecule has 0 aliphatic heterocycles. The number of hydrogen-bond acceptors (Lipinski definition) is 3. The smallest absolute Gasteiger partial charge is 0.230 e. The van der Waals surface area contributed by atoms with Crippen molar-refractivity contribution in [2.45, 2.75) is 46.1 Å². The molecule has 0 radical (unpaired) electrons. The molecule has 0 bridgehead atoms. The summed E-state index contributed by atoms with van der Waals surface area (Å²) in [5.74, 6) is 0.965. The zero-order valence-corrected chi connectivity index (χ0v) is 13.6. The largest absolute Gasteiger partial charge is 0.340 e. The molecule has 1 amide bonds. The van der Waals surface area contributed by atoms with E-state index in [2.05, 4.69) is 25.3 Å². The topological polar surface area (TPSA) is 46.3 Å². The summed E-state index contributed by atoms with van der Waals surface area (Å²) >= 11 is 1.72. The van der Waals surface area contributed by atoms with Gasteiger partial charge in [-0.2, -0.15) is 0 Å². The lowest BCUT2D eigenvalue weighted by Gasteiger charge is -2.39. The fourth-order valence-electron chi connectivity index (χ4n) is 3.08. The molecule has 4 heteroatoms. The van der Waals surface area contributed by atoms with Crippen molar-refractivity contribution >= 4 is 17.2 Å². The molecule has 1 aliphatic carbocycles. The first-order valence-electron chi connectivity index (χ1n) is 7.47. The Morgan fingerprint density at radius 3 is 2.65 bits per heavy atom. The predicted molar refractivity (Wildman–Crippen MR) is 84.6 cm³/mol. The Balaban J connectivity index is 2.06. The number of thiophene rings is 1. The van der Waals surface area contributed by atoms with E-state index >= 15 is 0 Å².